The van der Waals surface area contributed by atoms with Crippen LogP contribution in [0.3, 0.4) is 0 Å². The molecule has 0 atom stereocenters. The second-order valence-electron chi connectivity index (χ2n) is 7.46. The van der Waals surface area contributed by atoms with Gasteiger partial charge in [0.2, 0.25) is 0 Å². The summed E-state index contributed by atoms with van der Waals surface area (Å²) < 4.78 is 63.8. The van der Waals surface area contributed by atoms with Gasteiger partial charge >= 0.3 is 10.2 Å². The Morgan fingerprint density at radius 1 is 0.800 bits per heavy atom. The van der Waals surface area contributed by atoms with Crippen molar-refractivity contribution in [3.63, 3.8) is 0 Å². The maximum atomic E-state index is 12.8. The molecule has 0 nitrogen and oxygen atoms in total. The van der Waals surface area contributed by atoms with Crippen LogP contribution < -0.4 is 0 Å². The lowest BCUT2D eigenvalue weighted by atomic mass is 9.77. The van der Waals surface area contributed by atoms with Crippen LogP contribution in [0.5, 0.6) is 0 Å². The van der Waals surface area contributed by atoms with Gasteiger partial charge in [0, 0.05) is 0 Å². The molecule has 2 rings (SSSR count). The normalized spacial score (nSPS) is 24.6. The summed E-state index contributed by atoms with van der Waals surface area (Å²) in [6.07, 6.45) is 11.7. The Hall–Kier alpha value is -0.780. The maximum Gasteiger partial charge on any atom is 0.310 e. The summed E-state index contributed by atoms with van der Waals surface area (Å²) in [5, 5.41) is 0. The number of rotatable bonds is 8. The minimum absolute atomic E-state index is 0.198. The molecule has 1 saturated carbocycles. The van der Waals surface area contributed by atoms with E-state index in [9.17, 15) is 19.4 Å². The van der Waals surface area contributed by atoms with Gasteiger partial charge in [-0.3, -0.25) is 0 Å². The molecule has 0 spiro atoms. The van der Waals surface area contributed by atoms with Gasteiger partial charge < -0.3 is 0 Å². The summed E-state index contributed by atoms with van der Waals surface area (Å²) in [5.74, 6) is 0.908. The Bertz CT molecular complexity index is 541. The number of hydrogen-bond acceptors (Lipinski definition) is 0. The zero-order valence-corrected chi connectivity index (χ0v) is 15.6. The van der Waals surface area contributed by atoms with Crippen molar-refractivity contribution < 1.29 is 19.4 Å². The average Bonchev–Trinajstić information content (AvgIpc) is 2.53. The fraction of sp³-hybridized carbons (Fsp3) is 0.684. The van der Waals surface area contributed by atoms with E-state index < -0.39 is 15.1 Å². The van der Waals surface area contributed by atoms with Crippen LogP contribution in [-0.4, -0.2) is 0 Å². The van der Waals surface area contributed by atoms with Crippen LogP contribution in [0.4, 0.5) is 19.4 Å². The molecule has 0 bridgehead atoms. The van der Waals surface area contributed by atoms with Gasteiger partial charge in [-0.05, 0) is 55.2 Å². The number of hydrogen-bond donors (Lipinski definition) is 0. The Morgan fingerprint density at radius 3 is 1.88 bits per heavy atom. The molecule has 6 heteroatoms. The third kappa shape index (κ3) is 6.46. The van der Waals surface area contributed by atoms with E-state index in [2.05, 4.69) is 6.92 Å². The van der Waals surface area contributed by atoms with Crippen molar-refractivity contribution in [3.05, 3.63) is 29.8 Å². The fourth-order valence-corrected chi connectivity index (χ4v) is 4.47. The van der Waals surface area contributed by atoms with Gasteiger partial charge in [-0.2, -0.15) is 0 Å². The SMILES string of the molecule is CCCCCCC[C@H]1CC[C@H](c2ccc(S(F)(F)(F)(F)F)cc2)CC1. The molecule has 1 aromatic carbocycles. The first-order chi connectivity index (χ1) is 11.5. The van der Waals surface area contributed by atoms with Crippen molar-refractivity contribution in [1.82, 2.24) is 0 Å². The lowest BCUT2D eigenvalue weighted by Crippen LogP contribution is -2.13. The molecule has 1 aliphatic carbocycles. The molecule has 0 unspecified atom stereocenters. The van der Waals surface area contributed by atoms with Crippen LogP contribution in [0.25, 0.3) is 0 Å². The van der Waals surface area contributed by atoms with E-state index in [4.69, 9.17) is 0 Å². The van der Waals surface area contributed by atoms with E-state index in [-0.39, 0.29) is 5.92 Å². The first-order valence-electron chi connectivity index (χ1n) is 9.33. The molecule has 0 heterocycles. The molecule has 0 saturated heterocycles. The standard InChI is InChI=1S/C19H29F5S/c1-2-3-4-5-6-7-16-8-10-17(11-9-16)18-12-14-19(15-13-18)25(20,21,22,23)24/h12-17H,2-11H2,1H3/t16-,17-. The van der Waals surface area contributed by atoms with Gasteiger partial charge in [0.05, 0.1) is 0 Å². The average molecular weight is 384 g/mol. The molecule has 25 heavy (non-hydrogen) atoms. The minimum atomic E-state index is -9.55. The highest BCUT2D eigenvalue weighted by atomic mass is 32.5. The van der Waals surface area contributed by atoms with Crippen LogP contribution in [0.15, 0.2) is 29.2 Å². The van der Waals surface area contributed by atoms with Gasteiger partial charge in [-0.25, -0.2) is 0 Å². The smallest absolute Gasteiger partial charge is 0.0936 e. The lowest BCUT2D eigenvalue weighted by molar-refractivity contribution is 0.302. The molecule has 146 valence electrons. The zero-order valence-electron chi connectivity index (χ0n) is 14.8. The predicted octanol–water partition coefficient (Wildman–Crippen LogP) is 8.98. The van der Waals surface area contributed by atoms with Crippen LogP contribution in [-0.2, 0) is 0 Å². The summed E-state index contributed by atoms with van der Waals surface area (Å²) in [5.41, 5.74) is 0.756. The van der Waals surface area contributed by atoms with E-state index in [1.165, 1.54) is 50.7 Å². The molecular formula is C19H29F5S. The van der Waals surface area contributed by atoms with Crippen molar-refractivity contribution in [1.29, 1.82) is 0 Å². The summed E-state index contributed by atoms with van der Waals surface area (Å²) in [6.45, 7) is 2.20. The van der Waals surface area contributed by atoms with Crippen molar-refractivity contribution in [2.75, 3.05) is 0 Å². The van der Waals surface area contributed by atoms with Crippen LogP contribution in [0, 0.1) is 5.92 Å². The Morgan fingerprint density at radius 2 is 1.36 bits per heavy atom. The van der Waals surface area contributed by atoms with Crippen LogP contribution >= 0.6 is 10.2 Å². The van der Waals surface area contributed by atoms with E-state index in [0.29, 0.717) is 18.1 Å². The van der Waals surface area contributed by atoms with Gasteiger partial charge in [0.25, 0.3) is 0 Å². The maximum absolute atomic E-state index is 12.8. The summed E-state index contributed by atoms with van der Waals surface area (Å²) >= 11 is 0. The highest BCUT2D eigenvalue weighted by Crippen LogP contribution is 3.02. The lowest BCUT2D eigenvalue weighted by Gasteiger charge is -2.40. The molecule has 0 radical (unpaired) electrons. The van der Waals surface area contributed by atoms with Crippen molar-refractivity contribution in [3.8, 4) is 0 Å². The fourth-order valence-electron chi connectivity index (χ4n) is 3.82. The molecular weight excluding hydrogens is 355 g/mol. The molecule has 0 amide bonds. The van der Waals surface area contributed by atoms with Crippen molar-refractivity contribution in [2.24, 2.45) is 5.92 Å². The Balaban J connectivity index is 1.83. The molecule has 0 aliphatic heterocycles. The van der Waals surface area contributed by atoms with Gasteiger partial charge in [-0.1, -0.05) is 77.0 Å². The highest BCUT2D eigenvalue weighted by Gasteiger charge is 2.65. The topological polar surface area (TPSA) is 0 Å². The largest absolute Gasteiger partial charge is 0.310 e. The predicted molar refractivity (Wildman–Crippen MR) is 95.9 cm³/mol. The number of halogens is 5. The molecule has 0 aromatic heterocycles. The third-order valence-electron chi connectivity index (χ3n) is 5.36. The van der Waals surface area contributed by atoms with Crippen LogP contribution in [0.1, 0.15) is 82.6 Å². The second-order valence-corrected chi connectivity index (χ2v) is 9.87. The minimum Gasteiger partial charge on any atom is -0.0936 e. The van der Waals surface area contributed by atoms with E-state index in [0.717, 1.165) is 31.2 Å². The monoisotopic (exact) mass is 384 g/mol. The van der Waals surface area contributed by atoms with E-state index >= 15 is 0 Å². The summed E-state index contributed by atoms with van der Waals surface area (Å²) in [4.78, 5) is -1.79. The zero-order chi connectivity index (χ0) is 18.6. The Labute approximate surface area is 147 Å². The molecule has 1 fully saturated rings. The van der Waals surface area contributed by atoms with E-state index in [1.807, 2.05) is 0 Å². The third-order valence-corrected chi connectivity index (χ3v) is 6.52. The molecule has 0 N–H and O–H groups in total. The quantitative estimate of drug-likeness (QED) is 0.310. The van der Waals surface area contributed by atoms with Gasteiger partial charge in [-0.15, -0.1) is 0 Å². The number of benzene rings is 1. The Kier molecular flexibility index (Phi) is 5.82. The first kappa shape index (κ1) is 20.5. The molecule has 1 aliphatic rings. The van der Waals surface area contributed by atoms with Crippen molar-refractivity contribution in [2.45, 2.75) is 81.9 Å². The van der Waals surface area contributed by atoms with Gasteiger partial charge in [0.15, 0.2) is 0 Å². The highest BCUT2D eigenvalue weighted by molar-refractivity contribution is 8.45. The summed E-state index contributed by atoms with van der Waals surface area (Å²) in [7, 11) is -9.55. The second kappa shape index (κ2) is 7.09. The van der Waals surface area contributed by atoms with Crippen molar-refractivity contribution >= 4 is 10.2 Å². The summed E-state index contributed by atoms with van der Waals surface area (Å²) in [6, 6.07) is 3.58. The van der Waals surface area contributed by atoms with Crippen LogP contribution in [0.2, 0.25) is 0 Å². The van der Waals surface area contributed by atoms with Gasteiger partial charge in [0.1, 0.15) is 4.90 Å². The first-order valence-corrected chi connectivity index (χ1v) is 11.3. The van der Waals surface area contributed by atoms with E-state index in [1.54, 1.807) is 0 Å². The molecule has 1 aromatic rings. The number of unbranched alkanes of at least 4 members (excludes halogenated alkanes) is 4.